The van der Waals surface area contributed by atoms with Crippen LogP contribution in [0.15, 0.2) is 47.2 Å². The number of hydrogen-bond donors (Lipinski definition) is 2. The van der Waals surface area contributed by atoms with Crippen LogP contribution < -0.4 is 5.32 Å². The Labute approximate surface area is 119 Å². The molecule has 0 saturated heterocycles. The normalized spacial score (nSPS) is 11.9. The summed E-state index contributed by atoms with van der Waals surface area (Å²) in [5.74, 6) is -0.366. The molecule has 0 radical (unpaired) electrons. The summed E-state index contributed by atoms with van der Waals surface area (Å²) in [5.41, 5.74) is 1.15. The Morgan fingerprint density at radius 3 is 2.89 bits per heavy atom. The first-order valence-corrected chi connectivity index (χ1v) is 6.56. The Balaban J connectivity index is 2.15. The quantitative estimate of drug-likeness (QED) is 0.913. The number of aromatic hydroxyl groups is 1. The number of hydrogen-bond acceptors (Lipinski definition) is 3. The maximum absolute atomic E-state index is 12.1. The van der Waals surface area contributed by atoms with Gasteiger partial charge in [0.2, 0.25) is 0 Å². The molecule has 2 aromatic rings. The molecule has 4 nitrogen and oxygen atoms in total. The Kier molecular flexibility index (Phi) is 4.16. The minimum Gasteiger partial charge on any atom is -0.507 e. The van der Waals surface area contributed by atoms with Gasteiger partial charge in [-0.2, -0.15) is 0 Å². The summed E-state index contributed by atoms with van der Waals surface area (Å²) in [6, 6.07) is 8.26. The summed E-state index contributed by atoms with van der Waals surface area (Å²) < 4.78 is 0.740. The van der Waals surface area contributed by atoms with Crippen molar-refractivity contribution in [3.05, 3.63) is 58.3 Å². The smallest absolute Gasteiger partial charge is 0.255 e. The first-order chi connectivity index (χ1) is 9.08. The van der Waals surface area contributed by atoms with Gasteiger partial charge in [0.1, 0.15) is 5.75 Å². The van der Waals surface area contributed by atoms with Gasteiger partial charge in [0.05, 0.1) is 11.6 Å². The van der Waals surface area contributed by atoms with E-state index in [0.717, 1.165) is 10.0 Å². The van der Waals surface area contributed by atoms with E-state index < -0.39 is 0 Å². The van der Waals surface area contributed by atoms with Gasteiger partial charge in [-0.1, -0.05) is 22.0 Å². The summed E-state index contributed by atoms with van der Waals surface area (Å²) >= 11 is 3.27. The molecule has 0 spiro atoms. The van der Waals surface area contributed by atoms with Gasteiger partial charge in [0.25, 0.3) is 5.91 Å². The molecule has 2 N–H and O–H groups in total. The summed E-state index contributed by atoms with van der Waals surface area (Å²) in [6.07, 6.45) is 3.38. The predicted molar refractivity (Wildman–Crippen MR) is 75.9 cm³/mol. The number of phenolic OH excluding ortho intramolecular Hbond substituents is 1. The molecule has 0 bridgehead atoms. The number of aromatic nitrogens is 1. The van der Waals surface area contributed by atoms with E-state index in [1.165, 1.54) is 6.07 Å². The maximum atomic E-state index is 12.1. The van der Waals surface area contributed by atoms with E-state index in [-0.39, 0.29) is 23.3 Å². The van der Waals surface area contributed by atoms with Gasteiger partial charge in [0.15, 0.2) is 0 Å². The molecule has 1 aromatic carbocycles. The van der Waals surface area contributed by atoms with Crippen LogP contribution >= 0.6 is 15.9 Å². The van der Waals surface area contributed by atoms with Crippen LogP contribution in [0.1, 0.15) is 28.9 Å². The number of carbonyl (C=O) groups excluding carboxylic acids is 1. The third-order valence-electron chi connectivity index (χ3n) is 2.74. The van der Waals surface area contributed by atoms with E-state index in [1.807, 2.05) is 19.1 Å². The summed E-state index contributed by atoms with van der Waals surface area (Å²) in [5, 5.41) is 12.5. The highest BCUT2D eigenvalue weighted by Gasteiger charge is 2.15. The number of phenols is 1. The van der Waals surface area contributed by atoms with Gasteiger partial charge in [-0.3, -0.25) is 9.78 Å². The lowest BCUT2D eigenvalue weighted by atomic mass is 10.1. The van der Waals surface area contributed by atoms with Crippen molar-refractivity contribution < 1.29 is 9.90 Å². The van der Waals surface area contributed by atoms with E-state index >= 15 is 0 Å². The van der Waals surface area contributed by atoms with Crippen LogP contribution in [0, 0.1) is 0 Å². The third-order valence-corrected chi connectivity index (χ3v) is 3.23. The van der Waals surface area contributed by atoms with E-state index in [1.54, 1.807) is 24.5 Å². The molecule has 19 heavy (non-hydrogen) atoms. The lowest BCUT2D eigenvalue weighted by Gasteiger charge is -2.14. The van der Waals surface area contributed by atoms with Gasteiger partial charge in [-0.15, -0.1) is 0 Å². The SMILES string of the molecule is CC(NC(=O)c1cc(Br)ccc1O)c1cccnc1. The van der Waals surface area contributed by atoms with Crippen molar-refractivity contribution in [1.82, 2.24) is 10.3 Å². The Morgan fingerprint density at radius 2 is 2.21 bits per heavy atom. The fourth-order valence-corrected chi connectivity index (χ4v) is 2.04. The zero-order valence-electron chi connectivity index (χ0n) is 10.3. The fourth-order valence-electron chi connectivity index (χ4n) is 1.68. The molecule has 98 valence electrons. The van der Waals surface area contributed by atoms with Crippen LogP contribution in [-0.2, 0) is 0 Å². The standard InChI is InChI=1S/C14H13BrN2O2/c1-9(10-3-2-6-16-8-10)17-14(19)12-7-11(15)4-5-13(12)18/h2-9,18H,1H3,(H,17,19). The lowest BCUT2D eigenvalue weighted by molar-refractivity contribution is 0.0937. The highest BCUT2D eigenvalue weighted by Crippen LogP contribution is 2.22. The topological polar surface area (TPSA) is 62.2 Å². The van der Waals surface area contributed by atoms with Crippen LogP contribution in [0.25, 0.3) is 0 Å². The van der Waals surface area contributed by atoms with E-state index in [4.69, 9.17) is 0 Å². The molecule has 0 saturated carbocycles. The zero-order chi connectivity index (χ0) is 13.8. The van der Waals surface area contributed by atoms with Gasteiger partial charge < -0.3 is 10.4 Å². The second-order valence-corrected chi connectivity index (χ2v) is 5.06. The number of benzene rings is 1. The summed E-state index contributed by atoms with van der Waals surface area (Å²) in [4.78, 5) is 16.1. The number of amides is 1. The van der Waals surface area contributed by atoms with Crippen molar-refractivity contribution >= 4 is 21.8 Å². The molecule has 1 heterocycles. The highest BCUT2D eigenvalue weighted by atomic mass is 79.9. The first kappa shape index (κ1) is 13.5. The van der Waals surface area contributed by atoms with Crippen molar-refractivity contribution in [3.8, 4) is 5.75 Å². The average Bonchev–Trinajstić information content (AvgIpc) is 2.42. The number of carbonyl (C=O) groups is 1. The second kappa shape index (κ2) is 5.84. The summed E-state index contributed by atoms with van der Waals surface area (Å²) in [7, 11) is 0. The predicted octanol–water partition coefficient (Wildman–Crippen LogP) is 3.04. The molecule has 0 aliphatic rings. The average molecular weight is 321 g/mol. The minimum atomic E-state index is -0.324. The maximum Gasteiger partial charge on any atom is 0.255 e. The molecule has 2 rings (SSSR count). The lowest BCUT2D eigenvalue weighted by Crippen LogP contribution is -2.26. The molecule has 1 atom stereocenters. The number of nitrogens with one attached hydrogen (secondary N) is 1. The molecule has 1 unspecified atom stereocenters. The fraction of sp³-hybridized carbons (Fsp3) is 0.143. The van der Waals surface area contributed by atoms with Crippen molar-refractivity contribution in [2.75, 3.05) is 0 Å². The Morgan fingerprint density at radius 1 is 1.42 bits per heavy atom. The van der Waals surface area contributed by atoms with Crippen molar-refractivity contribution in [2.45, 2.75) is 13.0 Å². The Hall–Kier alpha value is -1.88. The van der Waals surface area contributed by atoms with Crippen LogP contribution in [0.5, 0.6) is 5.75 Å². The highest BCUT2D eigenvalue weighted by molar-refractivity contribution is 9.10. The largest absolute Gasteiger partial charge is 0.507 e. The number of pyridine rings is 1. The zero-order valence-corrected chi connectivity index (χ0v) is 11.9. The molecule has 1 amide bonds. The molecule has 1 aromatic heterocycles. The molecular weight excluding hydrogens is 308 g/mol. The molecule has 0 fully saturated rings. The number of rotatable bonds is 3. The second-order valence-electron chi connectivity index (χ2n) is 4.14. The van der Waals surface area contributed by atoms with Crippen LogP contribution in [0.2, 0.25) is 0 Å². The van der Waals surface area contributed by atoms with Gasteiger partial charge in [-0.25, -0.2) is 0 Å². The van der Waals surface area contributed by atoms with Crippen LogP contribution in [0.4, 0.5) is 0 Å². The van der Waals surface area contributed by atoms with Gasteiger partial charge in [-0.05, 0) is 36.8 Å². The Bertz CT molecular complexity index is 587. The minimum absolute atomic E-state index is 0.0425. The van der Waals surface area contributed by atoms with Crippen LogP contribution in [0.3, 0.4) is 0 Å². The van der Waals surface area contributed by atoms with Gasteiger partial charge in [0, 0.05) is 16.9 Å². The van der Waals surface area contributed by atoms with Crippen molar-refractivity contribution in [3.63, 3.8) is 0 Å². The van der Waals surface area contributed by atoms with E-state index in [2.05, 4.69) is 26.2 Å². The van der Waals surface area contributed by atoms with Gasteiger partial charge >= 0.3 is 0 Å². The first-order valence-electron chi connectivity index (χ1n) is 5.77. The van der Waals surface area contributed by atoms with Crippen molar-refractivity contribution in [1.29, 1.82) is 0 Å². The third kappa shape index (κ3) is 3.32. The molecule has 0 aliphatic carbocycles. The van der Waals surface area contributed by atoms with E-state index in [9.17, 15) is 9.90 Å². The van der Waals surface area contributed by atoms with Crippen LogP contribution in [-0.4, -0.2) is 16.0 Å². The number of nitrogens with zero attached hydrogens (tertiary/aromatic N) is 1. The molecular formula is C14H13BrN2O2. The monoisotopic (exact) mass is 320 g/mol. The summed E-state index contributed by atoms with van der Waals surface area (Å²) in [6.45, 7) is 1.87. The molecule has 0 aliphatic heterocycles. The number of halogens is 1. The van der Waals surface area contributed by atoms with E-state index in [0.29, 0.717) is 0 Å². The van der Waals surface area contributed by atoms with Crippen molar-refractivity contribution in [2.24, 2.45) is 0 Å². The molecule has 5 heteroatoms.